The predicted octanol–water partition coefficient (Wildman–Crippen LogP) is 4.98. The van der Waals surface area contributed by atoms with Crippen LogP contribution in [0.2, 0.25) is 0 Å². The fraction of sp³-hybridized carbons (Fsp3) is 0.296. The van der Waals surface area contributed by atoms with Crippen molar-refractivity contribution in [1.29, 1.82) is 0 Å². The van der Waals surface area contributed by atoms with Gasteiger partial charge in [-0.2, -0.15) is 0 Å². The normalized spacial score (nSPS) is 18.9. The fourth-order valence-corrected chi connectivity index (χ4v) is 5.49. The third-order valence-corrected chi connectivity index (χ3v) is 7.09. The Morgan fingerprint density at radius 3 is 2.71 bits per heavy atom. The molecule has 2 N–H and O–H groups in total. The lowest BCUT2D eigenvalue weighted by Gasteiger charge is -2.30. The van der Waals surface area contributed by atoms with Crippen LogP contribution in [-0.4, -0.2) is 32.1 Å². The number of hydrogen-bond acceptors (Lipinski definition) is 5. The van der Waals surface area contributed by atoms with Crippen LogP contribution in [0.15, 0.2) is 54.7 Å². The first kappa shape index (κ1) is 20.8. The molecule has 2 aliphatic rings. The van der Waals surface area contributed by atoms with Crippen LogP contribution in [0, 0.1) is 12.7 Å². The zero-order valence-corrected chi connectivity index (χ0v) is 19.4. The highest BCUT2D eigenvalue weighted by Crippen LogP contribution is 2.41. The molecule has 0 aliphatic carbocycles. The Morgan fingerprint density at radius 2 is 1.91 bits per heavy atom. The summed E-state index contributed by atoms with van der Waals surface area (Å²) in [4.78, 5) is 16.2. The van der Waals surface area contributed by atoms with Crippen LogP contribution in [0.1, 0.15) is 36.3 Å². The van der Waals surface area contributed by atoms with Crippen LogP contribution in [0.3, 0.4) is 0 Å². The van der Waals surface area contributed by atoms with E-state index in [0.717, 1.165) is 54.3 Å². The van der Waals surface area contributed by atoms with E-state index in [9.17, 15) is 4.39 Å². The van der Waals surface area contributed by atoms with Crippen LogP contribution in [0.25, 0.3) is 22.6 Å². The molecular formula is C27H27FN6. The zero-order chi connectivity index (χ0) is 23.4. The molecule has 0 spiro atoms. The van der Waals surface area contributed by atoms with E-state index < -0.39 is 0 Å². The molecule has 0 radical (unpaired) electrons. The molecule has 2 aliphatic heterocycles. The van der Waals surface area contributed by atoms with Crippen molar-refractivity contribution in [3.05, 3.63) is 77.5 Å². The molecule has 4 aromatic rings. The summed E-state index contributed by atoms with van der Waals surface area (Å²) in [5.41, 5.74) is 13.3. The van der Waals surface area contributed by atoms with Gasteiger partial charge in [-0.1, -0.05) is 12.1 Å². The SMILES string of the molecule is Cc1ccc2c(c1)N(CC1CCc3nc(-c4ccc(F)cc4)c(-c4ccnc(N)n4)n31)C(C)C2. The molecule has 0 amide bonds. The van der Waals surface area contributed by atoms with Gasteiger partial charge in [0.1, 0.15) is 11.6 Å². The Hall–Kier alpha value is -3.74. The molecule has 172 valence electrons. The maximum absolute atomic E-state index is 13.6. The minimum atomic E-state index is -0.266. The van der Waals surface area contributed by atoms with Gasteiger partial charge in [0.15, 0.2) is 0 Å². The Labute approximate surface area is 198 Å². The van der Waals surface area contributed by atoms with Crippen molar-refractivity contribution in [3.63, 3.8) is 0 Å². The number of aryl methyl sites for hydroxylation is 2. The molecule has 0 fully saturated rings. The number of rotatable bonds is 4. The van der Waals surface area contributed by atoms with Gasteiger partial charge in [0.05, 0.1) is 23.1 Å². The first-order valence-corrected chi connectivity index (χ1v) is 11.8. The molecule has 2 unspecified atom stereocenters. The van der Waals surface area contributed by atoms with Gasteiger partial charge >= 0.3 is 0 Å². The molecule has 2 aromatic carbocycles. The Kier molecular flexibility index (Phi) is 4.86. The Bertz CT molecular complexity index is 1380. The van der Waals surface area contributed by atoms with Gasteiger partial charge in [0, 0.05) is 36.5 Å². The van der Waals surface area contributed by atoms with E-state index in [1.54, 1.807) is 18.3 Å². The molecule has 0 saturated carbocycles. The van der Waals surface area contributed by atoms with Crippen molar-refractivity contribution < 1.29 is 4.39 Å². The van der Waals surface area contributed by atoms with Crippen LogP contribution in [0.4, 0.5) is 16.0 Å². The van der Waals surface area contributed by atoms with E-state index in [2.05, 4.69) is 51.5 Å². The van der Waals surface area contributed by atoms with Crippen LogP contribution in [0.5, 0.6) is 0 Å². The van der Waals surface area contributed by atoms with Gasteiger partial charge < -0.3 is 15.2 Å². The van der Waals surface area contributed by atoms with Gasteiger partial charge in [-0.3, -0.25) is 0 Å². The number of anilines is 2. The number of nitrogens with zero attached hydrogens (tertiary/aromatic N) is 5. The lowest BCUT2D eigenvalue weighted by molar-refractivity contribution is 0.500. The molecule has 0 bridgehead atoms. The number of hydrogen-bond donors (Lipinski definition) is 1. The molecule has 6 rings (SSSR count). The van der Waals surface area contributed by atoms with Crippen LogP contribution in [-0.2, 0) is 12.8 Å². The molecule has 0 saturated heterocycles. The molecule has 2 aromatic heterocycles. The maximum Gasteiger partial charge on any atom is 0.220 e. The van der Waals surface area contributed by atoms with Gasteiger partial charge in [-0.25, -0.2) is 19.3 Å². The van der Waals surface area contributed by atoms with Crippen molar-refractivity contribution in [2.24, 2.45) is 0 Å². The van der Waals surface area contributed by atoms with Crippen molar-refractivity contribution in [3.8, 4) is 22.6 Å². The van der Waals surface area contributed by atoms with E-state index in [1.807, 2.05) is 6.07 Å². The topological polar surface area (TPSA) is 72.9 Å². The second-order valence-corrected chi connectivity index (χ2v) is 9.43. The van der Waals surface area contributed by atoms with E-state index in [-0.39, 0.29) is 17.8 Å². The monoisotopic (exact) mass is 454 g/mol. The van der Waals surface area contributed by atoms with Crippen molar-refractivity contribution in [2.75, 3.05) is 17.2 Å². The molecule has 6 nitrogen and oxygen atoms in total. The summed E-state index contributed by atoms with van der Waals surface area (Å²) in [5.74, 6) is 0.997. The maximum atomic E-state index is 13.6. The van der Waals surface area contributed by atoms with E-state index in [4.69, 9.17) is 10.7 Å². The van der Waals surface area contributed by atoms with Crippen molar-refractivity contribution in [2.45, 2.75) is 45.2 Å². The summed E-state index contributed by atoms with van der Waals surface area (Å²) in [6.45, 7) is 5.35. The smallest absolute Gasteiger partial charge is 0.220 e. The summed E-state index contributed by atoms with van der Waals surface area (Å²) >= 11 is 0. The fourth-order valence-electron chi connectivity index (χ4n) is 5.49. The van der Waals surface area contributed by atoms with Gasteiger partial charge in [0.25, 0.3) is 0 Å². The van der Waals surface area contributed by atoms with Gasteiger partial charge in [-0.15, -0.1) is 0 Å². The number of fused-ring (bicyclic) bond motifs is 2. The summed E-state index contributed by atoms with van der Waals surface area (Å²) in [7, 11) is 0. The molecule has 7 heteroatoms. The lowest BCUT2D eigenvalue weighted by atomic mass is 10.1. The number of benzene rings is 2. The molecule has 34 heavy (non-hydrogen) atoms. The summed E-state index contributed by atoms with van der Waals surface area (Å²) in [5, 5.41) is 0. The number of imidazole rings is 1. The van der Waals surface area contributed by atoms with Gasteiger partial charge in [0.2, 0.25) is 5.95 Å². The second-order valence-electron chi connectivity index (χ2n) is 9.43. The summed E-state index contributed by atoms with van der Waals surface area (Å²) < 4.78 is 16.0. The van der Waals surface area contributed by atoms with Crippen molar-refractivity contribution >= 4 is 11.6 Å². The van der Waals surface area contributed by atoms with Crippen LogP contribution < -0.4 is 10.6 Å². The summed E-state index contributed by atoms with van der Waals surface area (Å²) in [6, 6.07) is 15.8. The quantitative estimate of drug-likeness (QED) is 0.471. The highest BCUT2D eigenvalue weighted by molar-refractivity contribution is 5.78. The Morgan fingerprint density at radius 1 is 1.09 bits per heavy atom. The average Bonchev–Trinajstić information content (AvgIpc) is 3.47. The number of nitrogen functional groups attached to an aromatic ring is 1. The van der Waals surface area contributed by atoms with Crippen molar-refractivity contribution in [1.82, 2.24) is 19.5 Å². The highest BCUT2D eigenvalue weighted by Gasteiger charge is 2.35. The second kappa shape index (κ2) is 7.94. The van der Waals surface area contributed by atoms with E-state index >= 15 is 0 Å². The lowest BCUT2D eigenvalue weighted by Crippen LogP contribution is -2.34. The first-order chi connectivity index (χ1) is 16.5. The third-order valence-electron chi connectivity index (χ3n) is 7.09. The Balaban J connectivity index is 1.45. The minimum Gasteiger partial charge on any atom is -0.368 e. The standard InChI is InChI=1S/C27H27FN6/c1-16-3-4-19-14-17(2)33(23(19)13-16)15-21-9-10-24-32-25(18-5-7-20(28)8-6-18)26(34(21)24)22-11-12-30-27(29)31-22/h3-8,11-13,17,21H,9-10,14-15H2,1-2H3,(H2,29,30,31). The first-order valence-electron chi connectivity index (χ1n) is 11.8. The average molecular weight is 455 g/mol. The number of aromatic nitrogens is 4. The highest BCUT2D eigenvalue weighted by atomic mass is 19.1. The number of nitrogens with two attached hydrogens (primary N) is 1. The van der Waals surface area contributed by atoms with E-state index in [1.165, 1.54) is 28.9 Å². The largest absolute Gasteiger partial charge is 0.368 e. The predicted molar refractivity (Wildman–Crippen MR) is 132 cm³/mol. The summed E-state index contributed by atoms with van der Waals surface area (Å²) in [6.07, 6.45) is 4.65. The molecule has 4 heterocycles. The molecular weight excluding hydrogens is 427 g/mol. The van der Waals surface area contributed by atoms with E-state index in [0.29, 0.717) is 6.04 Å². The minimum absolute atomic E-state index is 0.227. The third kappa shape index (κ3) is 3.43. The number of halogens is 1. The van der Waals surface area contributed by atoms with Gasteiger partial charge in [-0.05, 0) is 74.2 Å². The zero-order valence-electron chi connectivity index (χ0n) is 19.4. The molecule has 2 atom stereocenters. The van der Waals surface area contributed by atoms with Crippen LogP contribution >= 0.6 is 0 Å².